The fraction of sp³-hybridized carbons (Fsp3) is 0.312. The van der Waals surface area contributed by atoms with Crippen LogP contribution in [0.2, 0.25) is 0 Å². The number of hydrogen-bond acceptors (Lipinski definition) is 4. The van der Waals surface area contributed by atoms with E-state index in [1.807, 2.05) is 6.07 Å². The van der Waals surface area contributed by atoms with Crippen molar-refractivity contribution in [2.45, 2.75) is 30.2 Å². The first-order chi connectivity index (χ1) is 11.4. The highest BCUT2D eigenvalue weighted by Crippen LogP contribution is 2.29. The lowest BCUT2D eigenvalue weighted by Gasteiger charge is -2.16. The van der Waals surface area contributed by atoms with Crippen molar-refractivity contribution in [1.82, 2.24) is 4.72 Å². The molecule has 0 amide bonds. The molecule has 8 heteroatoms. The van der Waals surface area contributed by atoms with Gasteiger partial charge in [0.25, 0.3) is 0 Å². The third-order valence-corrected chi connectivity index (χ3v) is 5.88. The van der Waals surface area contributed by atoms with Crippen molar-refractivity contribution in [3.05, 3.63) is 40.9 Å². The minimum Gasteiger partial charge on any atom is -0.480 e. The topological polar surface area (TPSA) is 109 Å². The molecule has 0 saturated heterocycles. The monoisotopic (exact) mass is 414 g/mol. The van der Waals surface area contributed by atoms with Gasteiger partial charge in [0.15, 0.2) is 0 Å². The van der Waals surface area contributed by atoms with Gasteiger partial charge in [0.1, 0.15) is 6.04 Å². The second-order valence-electron chi connectivity index (χ2n) is 5.39. The van der Waals surface area contributed by atoms with Gasteiger partial charge in [-0.25, -0.2) is 8.42 Å². The van der Waals surface area contributed by atoms with Crippen LogP contribution in [-0.2, 0) is 14.8 Å². The van der Waals surface area contributed by atoms with Crippen LogP contribution in [0.5, 0.6) is 0 Å². The van der Waals surface area contributed by atoms with Gasteiger partial charge in [-0.2, -0.15) is 4.72 Å². The van der Waals surface area contributed by atoms with Crippen LogP contribution in [0.15, 0.2) is 45.8 Å². The lowest BCUT2D eigenvalue weighted by Crippen LogP contribution is -2.40. The SMILES string of the molecule is NCCCCC(NS(=O)(=O)c1ccc(Br)c2ccccc12)C(=O)O. The molecule has 4 N–H and O–H groups in total. The highest BCUT2D eigenvalue weighted by molar-refractivity contribution is 9.10. The fourth-order valence-electron chi connectivity index (χ4n) is 2.45. The molecule has 0 saturated carbocycles. The Hall–Kier alpha value is -1.48. The smallest absolute Gasteiger partial charge is 0.321 e. The molecule has 0 heterocycles. The van der Waals surface area contributed by atoms with E-state index in [0.717, 1.165) is 9.86 Å². The van der Waals surface area contributed by atoms with Crippen LogP contribution in [0.25, 0.3) is 10.8 Å². The molecule has 2 rings (SSSR count). The number of aliphatic carboxylic acids is 1. The number of carbonyl (C=O) groups is 1. The Kier molecular flexibility index (Phi) is 6.34. The molecule has 0 radical (unpaired) electrons. The quantitative estimate of drug-likeness (QED) is 0.574. The highest BCUT2D eigenvalue weighted by Gasteiger charge is 2.26. The molecule has 2 aromatic carbocycles. The first-order valence-corrected chi connectivity index (χ1v) is 9.77. The maximum atomic E-state index is 12.7. The molecule has 0 aliphatic heterocycles. The van der Waals surface area contributed by atoms with Crippen molar-refractivity contribution in [3.63, 3.8) is 0 Å². The number of halogens is 1. The van der Waals surface area contributed by atoms with E-state index < -0.39 is 22.0 Å². The minimum absolute atomic E-state index is 0.0615. The molecule has 1 unspecified atom stereocenters. The van der Waals surface area contributed by atoms with Gasteiger partial charge in [-0.3, -0.25) is 4.79 Å². The number of carboxylic acid groups (broad SMARTS) is 1. The molecule has 24 heavy (non-hydrogen) atoms. The molecule has 0 fully saturated rings. The molecule has 130 valence electrons. The predicted octanol–water partition coefficient (Wildman–Crippen LogP) is 2.46. The Morgan fingerprint density at radius 3 is 2.46 bits per heavy atom. The first kappa shape index (κ1) is 18.9. The number of carboxylic acids is 1. The van der Waals surface area contributed by atoms with Crippen molar-refractivity contribution in [3.8, 4) is 0 Å². The fourth-order valence-corrected chi connectivity index (χ4v) is 4.36. The molecule has 0 aliphatic carbocycles. The van der Waals surface area contributed by atoms with E-state index in [0.29, 0.717) is 24.8 Å². The molecule has 2 aromatic rings. The number of nitrogens with two attached hydrogens (primary N) is 1. The summed E-state index contributed by atoms with van der Waals surface area (Å²) in [5, 5.41) is 10.6. The van der Waals surface area contributed by atoms with Crippen LogP contribution in [-0.4, -0.2) is 32.1 Å². The molecule has 0 aromatic heterocycles. The highest BCUT2D eigenvalue weighted by atomic mass is 79.9. The Balaban J connectivity index is 2.36. The average molecular weight is 415 g/mol. The summed E-state index contributed by atoms with van der Waals surface area (Å²) in [6.45, 7) is 0.441. The zero-order chi connectivity index (χ0) is 17.7. The van der Waals surface area contributed by atoms with E-state index in [2.05, 4.69) is 20.7 Å². The summed E-state index contributed by atoms with van der Waals surface area (Å²) in [5.41, 5.74) is 5.40. The standard InChI is InChI=1S/C16H19BrN2O4S/c17-13-8-9-15(12-6-2-1-5-11(12)13)24(22,23)19-14(16(20)21)7-3-4-10-18/h1-2,5-6,8-9,14,19H,3-4,7,10,18H2,(H,20,21). The second kappa shape index (κ2) is 8.06. The average Bonchev–Trinajstić information content (AvgIpc) is 2.54. The number of unbranched alkanes of at least 4 members (excludes halogenated alkanes) is 1. The summed E-state index contributed by atoms with van der Waals surface area (Å²) in [6.07, 6.45) is 1.38. The summed E-state index contributed by atoms with van der Waals surface area (Å²) >= 11 is 3.39. The molecule has 1 atom stereocenters. The first-order valence-electron chi connectivity index (χ1n) is 7.49. The van der Waals surface area contributed by atoms with Crippen molar-refractivity contribution in [2.24, 2.45) is 5.73 Å². The van der Waals surface area contributed by atoms with Gasteiger partial charge in [0.05, 0.1) is 4.90 Å². The lowest BCUT2D eigenvalue weighted by molar-refractivity contribution is -0.139. The van der Waals surface area contributed by atoms with Gasteiger partial charge in [0.2, 0.25) is 10.0 Å². The van der Waals surface area contributed by atoms with Crippen molar-refractivity contribution in [1.29, 1.82) is 0 Å². The van der Waals surface area contributed by atoms with E-state index >= 15 is 0 Å². The maximum absolute atomic E-state index is 12.7. The Morgan fingerprint density at radius 2 is 1.83 bits per heavy atom. The Labute approximate surface area is 149 Å². The third-order valence-electron chi connectivity index (χ3n) is 3.66. The number of rotatable bonds is 8. The zero-order valence-electron chi connectivity index (χ0n) is 12.9. The third kappa shape index (κ3) is 4.32. The Bertz CT molecular complexity index is 839. The molecule has 0 spiro atoms. The van der Waals surface area contributed by atoms with Gasteiger partial charge in [-0.05, 0) is 36.9 Å². The van der Waals surface area contributed by atoms with Crippen LogP contribution >= 0.6 is 15.9 Å². The summed E-state index contributed by atoms with van der Waals surface area (Å²) < 4.78 is 28.5. The largest absolute Gasteiger partial charge is 0.480 e. The van der Waals surface area contributed by atoms with Gasteiger partial charge in [0, 0.05) is 9.86 Å². The summed E-state index contributed by atoms with van der Waals surface area (Å²) in [7, 11) is -3.97. The number of nitrogens with one attached hydrogen (secondary N) is 1. The van der Waals surface area contributed by atoms with E-state index in [1.165, 1.54) is 6.07 Å². The minimum atomic E-state index is -3.97. The van der Waals surface area contributed by atoms with Gasteiger partial charge in [-0.1, -0.05) is 46.6 Å². The maximum Gasteiger partial charge on any atom is 0.321 e. The van der Waals surface area contributed by atoms with E-state index in [1.54, 1.807) is 24.3 Å². The van der Waals surface area contributed by atoms with Gasteiger partial charge in [-0.15, -0.1) is 0 Å². The molecule has 0 aliphatic rings. The second-order valence-corrected chi connectivity index (χ2v) is 7.92. The Morgan fingerprint density at radius 1 is 1.17 bits per heavy atom. The summed E-state index contributed by atoms with van der Waals surface area (Å²) in [5.74, 6) is -1.20. The van der Waals surface area contributed by atoms with E-state index in [9.17, 15) is 18.3 Å². The van der Waals surface area contributed by atoms with Crippen LogP contribution in [0.4, 0.5) is 0 Å². The van der Waals surface area contributed by atoms with Crippen molar-refractivity contribution >= 4 is 42.7 Å². The van der Waals surface area contributed by atoms with Gasteiger partial charge < -0.3 is 10.8 Å². The zero-order valence-corrected chi connectivity index (χ0v) is 15.3. The molecular weight excluding hydrogens is 396 g/mol. The number of fused-ring (bicyclic) bond motifs is 1. The predicted molar refractivity (Wildman–Crippen MR) is 96.3 cm³/mol. The van der Waals surface area contributed by atoms with Crippen LogP contribution in [0.1, 0.15) is 19.3 Å². The van der Waals surface area contributed by atoms with Gasteiger partial charge >= 0.3 is 5.97 Å². The van der Waals surface area contributed by atoms with Crippen molar-refractivity contribution in [2.75, 3.05) is 6.54 Å². The van der Waals surface area contributed by atoms with E-state index in [-0.39, 0.29) is 11.3 Å². The number of benzene rings is 2. The summed E-state index contributed by atoms with van der Waals surface area (Å²) in [6, 6.07) is 8.97. The molecular formula is C16H19BrN2O4S. The lowest BCUT2D eigenvalue weighted by atomic mass is 10.1. The van der Waals surface area contributed by atoms with Crippen LogP contribution < -0.4 is 10.5 Å². The number of hydrogen-bond donors (Lipinski definition) is 3. The molecule has 6 nitrogen and oxygen atoms in total. The van der Waals surface area contributed by atoms with Crippen LogP contribution in [0, 0.1) is 0 Å². The van der Waals surface area contributed by atoms with Crippen LogP contribution in [0.3, 0.4) is 0 Å². The number of sulfonamides is 1. The molecule has 0 bridgehead atoms. The van der Waals surface area contributed by atoms with E-state index in [4.69, 9.17) is 5.73 Å². The summed E-state index contributed by atoms with van der Waals surface area (Å²) in [4.78, 5) is 11.4. The normalized spacial score (nSPS) is 13.1. The van der Waals surface area contributed by atoms with Crippen molar-refractivity contribution < 1.29 is 18.3 Å².